The van der Waals surface area contributed by atoms with Crippen LogP contribution in [0, 0.1) is 5.92 Å². The van der Waals surface area contributed by atoms with Gasteiger partial charge >= 0.3 is 0 Å². The van der Waals surface area contributed by atoms with Gasteiger partial charge < -0.3 is 0 Å². The second-order valence-electron chi connectivity index (χ2n) is 8.09. The average molecular weight is 353 g/mol. The lowest BCUT2D eigenvalue weighted by molar-refractivity contribution is -0.123. The second-order valence-corrected chi connectivity index (χ2v) is 8.09. The Labute approximate surface area is 159 Å². The lowest BCUT2D eigenvalue weighted by Gasteiger charge is -2.15. The van der Waals surface area contributed by atoms with Gasteiger partial charge in [0, 0.05) is 12.3 Å². The van der Waals surface area contributed by atoms with E-state index in [4.69, 9.17) is 0 Å². The zero-order valence-corrected chi connectivity index (χ0v) is 17.9. The highest BCUT2D eigenvalue weighted by Crippen LogP contribution is 2.20. The molecule has 1 atom stereocenters. The van der Waals surface area contributed by atoms with Gasteiger partial charge in [0.1, 0.15) is 5.78 Å². The number of hydrogen-bond acceptors (Lipinski definition) is 1. The van der Waals surface area contributed by atoms with Crippen LogP contribution >= 0.6 is 0 Å². The predicted molar refractivity (Wildman–Crippen MR) is 113 cm³/mol. The van der Waals surface area contributed by atoms with Gasteiger partial charge in [0.25, 0.3) is 0 Å². The van der Waals surface area contributed by atoms with Crippen molar-refractivity contribution in [2.75, 3.05) is 0 Å². The Morgan fingerprint density at radius 2 is 0.960 bits per heavy atom. The van der Waals surface area contributed by atoms with Gasteiger partial charge in [-0.25, -0.2) is 0 Å². The molecule has 25 heavy (non-hydrogen) atoms. The van der Waals surface area contributed by atoms with Crippen LogP contribution in [0.5, 0.6) is 0 Å². The third-order valence-corrected chi connectivity index (χ3v) is 5.53. The molecule has 1 heteroatoms. The minimum absolute atomic E-state index is 0.366. The van der Waals surface area contributed by atoms with Crippen molar-refractivity contribution in [3.05, 3.63) is 0 Å². The van der Waals surface area contributed by atoms with Gasteiger partial charge in [-0.1, -0.05) is 117 Å². The normalized spacial score (nSPS) is 12.4. The van der Waals surface area contributed by atoms with Crippen LogP contribution < -0.4 is 0 Å². The Balaban J connectivity index is 3.51. The zero-order chi connectivity index (χ0) is 18.6. The fourth-order valence-electron chi connectivity index (χ4n) is 3.80. The van der Waals surface area contributed by atoms with Crippen molar-refractivity contribution in [1.29, 1.82) is 0 Å². The number of ketones is 1. The molecule has 0 aromatic carbocycles. The summed E-state index contributed by atoms with van der Waals surface area (Å²) in [5.41, 5.74) is 0. The molecular formula is C24H48O. The van der Waals surface area contributed by atoms with Gasteiger partial charge in [0.2, 0.25) is 0 Å². The summed E-state index contributed by atoms with van der Waals surface area (Å²) in [7, 11) is 0. The number of rotatable bonds is 20. The van der Waals surface area contributed by atoms with Gasteiger partial charge in [0.15, 0.2) is 0 Å². The van der Waals surface area contributed by atoms with E-state index in [0.29, 0.717) is 11.7 Å². The Morgan fingerprint density at radius 1 is 0.520 bits per heavy atom. The van der Waals surface area contributed by atoms with E-state index in [-0.39, 0.29) is 0 Å². The Bertz CT molecular complexity index is 271. The summed E-state index contributed by atoms with van der Waals surface area (Å²) in [5, 5.41) is 0. The van der Waals surface area contributed by atoms with Crippen LogP contribution in [0.25, 0.3) is 0 Å². The molecule has 0 radical (unpaired) electrons. The molecule has 0 amide bonds. The highest BCUT2D eigenvalue weighted by atomic mass is 16.1. The molecule has 0 heterocycles. The van der Waals surface area contributed by atoms with Crippen molar-refractivity contribution < 1.29 is 4.79 Å². The predicted octanol–water partition coefficient (Wildman–Crippen LogP) is 8.64. The fraction of sp³-hybridized carbons (Fsp3) is 0.958. The summed E-state index contributed by atoms with van der Waals surface area (Å²) in [6, 6.07) is 0. The molecule has 0 fully saturated rings. The summed E-state index contributed by atoms with van der Waals surface area (Å²) >= 11 is 0. The van der Waals surface area contributed by atoms with Gasteiger partial charge in [-0.3, -0.25) is 4.79 Å². The number of unbranched alkanes of at least 4 members (excludes halogenated alkanes) is 13. The van der Waals surface area contributed by atoms with Gasteiger partial charge in [-0.2, -0.15) is 0 Å². The van der Waals surface area contributed by atoms with Crippen molar-refractivity contribution in [3.8, 4) is 0 Å². The first kappa shape index (κ1) is 24.7. The number of hydrogen-bond donors (Lipinski definition) is 0. The van der Waals surface area contributed by atoms with E-state index in [0.717, 1.165) is 32.1 Å². The van der Waals surface area contributed by atoms with E-state index in [1.165, 1.54) is 89.9 Å². The van der Waals surface area contributed by atoms with Crippen molar-refractivity contribution in [1.82, 2.24) is 0 Å². The first-order chi connectivity index (χ1) is 12.3. The number of carbonyl (C=O) groups is 1. The molecule has 0 spiro atoms. The van der Waals surface area contributed by atoms with E-state index >= 15 is 0 Å². The maximum atomic E-state index is 12.3. The molecule has 0 aromatic rings. The van der Waals surface area contributed by atoms with Gasteiger partial charge in [0.05, 0.1) is 0 Å². The summed E-state index contributed by atoms with van der Waals surface area (Å²) in [6.07, 6.45) is 24.5. The third kappa shape index (κ3) is 16.9. The highest BCUT2D eigenvalue weighted by molar-refractivity contribution is 5.80. The molecule has 0 N–H and O–H groups in total. The molecule has 1 unspecified atom stereocenters. The van der Waals surface area contributed by atoms with E-state index in [1.807, 2.05) is 0 Å². The first-order valence-corrected chi connectivity index (χ1v) is 11.8. The van der Waals surface area contributed by atoms with Crippen LogP contribution in [0.2, 0.25) is 0 Å². The van der Waals surface area contributed by atoms with Crippen LogP contribution in [-0.2, 0) is 4.79 Å². The Kier molecular flexibility index (Phi) is 19.7. The van der Waals surface area contributed by atoms with E-state index < -0.39 is 0 Å². The molecule has 0 aliphatic carbocycles. The monoisotopic (exact) mass is 352 g/mol. The average Bonchev–Trinajstić information content (AvgIpc) is 2.61. The van der Waals surface area contributed by atoms with Crippen molar-refractivity contribution in [2.24, 2.45) is 5.92 Å². The number of carbonyl (C=O) groups excluding carboxylic acids is 1. The van der Waals surface area contributed by atoms with Crippen molar-refractivity contribution in [3.63, 3.8) is 0 Å². The molecule has 0 aliphatic rings. The van der Waals surface area contributed by atoms with Gasteiger partial charge in [-0.15, -0.1) is 0 Å². The maximum absolute atomic E-state index is 12.3. The summed E-state index contributed by atoms with van der Waals surface area (Å²) < 4.78 is 0. The summed E-state index contributed by atoms with van der Waals surface area (Å²) in [5.74, 6) is 0.920. The largest absolute Gasteiger partial charge is 0.299 e. The fourth-order valence-corrected chi connectivity index (χ4v) is 3.80. The van der Waals surface area contributed by atoms with Crippen molar-refractivity contribution >= 4 is 5.78 Å². The topological polar surface area (TPSA) is 17.1 Å². The lowest BCUT2D eigenvalue weighted by atomic mass is 9.89. The molecule has 0 bridgehead atoms. The maximum Gasteiger partial charge on any atom is 0.135 e. The smallest absolute Gasteiger partial charge is 0.135 e. The molecule has 0 aromatic heterocycles. The van der Waals surface area contributed by atoms with Crippen LogP contribution in [0.3, 0.4) is 0 Å². The SMILES string of the molecule is CCCCCCCCCCCCCCC(CCC)C(=O)CCCCC. The minimum atomic E-state index is 0.366. The molecule has 150 valence electrons. The van der Waals surface area contributed by atoms with Crippen LogP contribution in [0.4, 0.5) is 0 Å². The Morgan fingerprint density at radius 3 is 1.44 bits per heavy atom. The van der Waals surface area contributed by atoms with E-state index in [2.05, 4.69) is 20.8 Å². The Hall–Kier alpha value is -0.330. The molecule has 0 aliphatic heterocycles. The van der Waals surface area contributed by atoms with E-state index in [1.54, 1.807) is 0 Å². The second kappa shape index (κ2) is 20.0. The quantitative estimate of drug-likeness (QED) is 0.200. The van der Waals surface area contributed by atoms with Crippen LogP contribution in [0.1, 0.15) is 143 Å². The molecular weight excluding hydrogens is 304 g/mol. The third-order valence-electron chi connectivity index (χ3n) is 5.53. The molecule has 0 rings (SSSR count). The minimum Gasteiger partial charge on any atom is -0.299 e. The summed E-state index contributed by atoms with van der Waals surface area (Å²) in [4.78, 5) is 12.3. The van der Waals surface area contributed by atoms with Crippen molar-refractivity contribution in [2.45, 2.75) is 143 Å². The zero-order valence-electron chi connectivity index (χ0n) is 17.9. The van der Waals surface area contributed by atoms with Gasteiger partial charge in [-0.05, 0) is 19.3 Å². The standard InChI is InChI=1S/C24H48O/c1-4-7-9-10-11-12-13-14-15-16-17-19-21-23(20-6-3)24(25)22-18-8-5-2/h23H,4-22H2,1-3H3. The van der Waals surface area contributed by atoms with Crippen LogP contribution in [0.15, 0.2) is 0 Å². The van der Waals surface area contributed by atoms with Crippen LogP contribution in [-0.4, -0.2) is 5.78 Å². The first-order valence-electron chi connectivity index (χ1n) is 11.8. The number of Topliss-reactive ketones (excluding diaryl/α,β-unsaturated/α-hetero) is 1. The highest BCUT2D eigenvalue weighted by Gasteiger charge is 2.16. The molecule has 0 saturated heterocycles. The van der Waals surface area contributed by atoms with E-state index in [9.17, 15) is 4.79 Å². The molecule has 0 saturated carbocycles. The lowest BCUT2D eigenvalue weighted by Crippen LogP contribution is -2.14. The summed E-state index contributed by atoms with van der Waals surface area (Å²) in [6.45, 7) is 6.71. The molecule has 1 nitrogen and oxygen atoms in total.